The largest absolute Gasteiger partial charge is 0.495 e. The molecule has 0 fully saturated rings. The number of carbonyl (C=O) groups is 1. The molecule has 2 aromatic rings. The molecular formula is C24H29NO3. The van der Waals surface area contributed by atoms with E-state index in [4.69, 9.17) is 9.47 Å². The molecule has 0 aliphatic carbocycles. The summed E-state index contributed by atoms with van der Waals surface area (Å²) in [5.41, 5.74) is 0.808. The van der Waals surface area contributed by atoms with Crippen molar-refractivity contribution >= 4 is 11.7 Å². The van der Waals surface area contributed by atoms with Crippen molar-refractivity contribution in [2.24, 2.45) is 0 Å². The minimum Gasteiger partial charge on any atom is -0.495 e. The minimum atomic E-state index is -0.348. The Morgan fingerprint density at radius 1 is 1.04 bits per heavy atom. The molecule has 28 heavy (non-hydrogen) atoms. The van der Waals surface area contributed by atoms with Gasteiger partial charge in [0, 0.05) is 6.42 Å². The molecule has 0 bridgehead atoms. The lowest BCUT2D eigenvalue weighted by atomic mass is 10.1. The molecule has 0 aliphatic heterocycles. The Kier molecular flexibility index (Phi) is 9.51. The molecule has 4 heteroatoms. The molecule has 0 aliphatic rings. The summed E-state index contributed by atoms with van der Waals surface area (Å²) in [4.78, 5) is 12.4. The Labute approximate surface area is 168 Å². The molecule has 0 saturated carbocycles. The van der Waals surface area contributed by atoms with Crippen LogP contribution in [0.25, 0.3) is 0 Å². The van der Waals surface area contributed by atoms with Gasteiger partial charge in [-0.3, -0.25) is 4.79 Å². The van der Waals surface area contributed by atoms with Crippen LogP contribution < -0.4 is 14.8 Å². The molecule has 0 radical (unpaired) electrons. The molecule has 2 aromatic carbocycles. The number of unbranched alkanes of at least 4 members (excludes halogenated alkanes) is 4. The average Bonchev–Trinajstić information content (AvgIpc) is 2.71. The average molecular weight is 380 g/mol. The highest BCUT2D eigenvalue weighted by atomic mass is 16.5. The monoisotopic (exact) mass is 379 g/mol. The molecule has 0 saturated heterocycles. The number of hydrogen-bond acceptors (Lipinski definition) is 4. The lowest BCUT2D eigenvalue weighted by molar-refractivity contribution is -0.134. The third-order valence-corrected chi connectivity index (χ3v) is 4.21. The van der Waals surface area contributed by atoms with Gasteiger partial charge in [-0.05, 0) is 30.7 Å². The first kappa shape index (κ1) is 21.4. The standard InChI is InChI=1S/C24H29NO3/c1-3-4-5-6-7-9-14-20(25-22-17-12-13-18-23(22)27-2)19-24(26)28-21-15-10-8-11-16-21/h8,10-13,15-18,20,25H,3-7,19H2,1-2H3/t20-/m0/s1. The molecule has 0 unspecified atom stereocenters. The second kappa shape index (κ2) is 12.5. The maximum Gasteiger partial charge on any atom is 0.314 e. The van der Waals surface area contributed by atoms with Crippen molar-refractivity contribution in [1.29, 1.82) is 0 Å². The summed E-state index contributed by atoms with van der Waals surface area (Å²) in [6.45, 7) is 2.19. The zero-order valence-electron chi connectivity index (χ0n) is 16.7. The molecule has 2 rings (SSSR count). The third kappa shape index (κ3) is 7.75. The van der Waals surface area contributed by atoms with Crippen LogP contribution in [0.3, 0.4) is 0 Å². The van der Waals surface area contributed by atoms with Gasteiger partial charge in [0.05, 0.1) is 25.3 Å². The van der Waals surface area contributed by atoms with Crippen LogP contribution in [0.5, 0.6) is 11.5 Å². The van der Waals surface area contributed by atoms with Crippen LogP contribution in [0.2, 0.25) is 0 Å². The van der Waals surface area contributed by atoms with Crippen LogP contribution in [-0.2, 0) is 4.79 Å². The third-order valence-electron chi connectivity index (χ3n) is 4.21. The number of esters is 1. The highest BCUT2D eigenvalue weighted by Crippen LogP contribution is 2.24. The van der Waals surface area contributed by atoms with Crippen molar-refractivity contribution in [1.82, 2.24) is 0 Å². The zero-order valence-corrected chi connectivity index (χ0v) is 16.7. The maximum atomic E-state index is 12.4. The van der Waals surface area contributed by atoms with Gasteiger partial charge in [0.2, 0.25) is 0 Å². The molecule has 0 amide bonds. The number of carbonyl (C=O) groups excluding carboxylic acids is 1. The first-order valence-electron chi connectivity index (χ1n) is 9.86. The second-order valence-corrected chi connectivity index (χ2v) is 6.52. The minimum absolute atomic E-state index is 0.148. The Bertz CT molecular complexity index is 777. The molecule has 4 nitrogen and oxygen atoms in total. The fraction of sp³-hybridized carbons (Fsp3) is 0.375. The first-order valence-corrected chi connectivity index (χ1v) is 9.86. The first-order chi connectivity index (χ1) is 13.7. The zero-order chi connectivity index (χ0) is 20.0. The Morgan fingerprint density at radius 2 is 1.79 bits per heavy atom. The quantitative estimate of drug-likeness (QED) is 0.258. The molecule has 0 heterocycles. The summed E-state index contributed by atoms with van der Waals surface area (Å²) in [7, 11) is 1.62. The van der Waals surface area contributed by atoms with E-state index in [0.29, 0.717) is 11.5 Å². The molecule has 0 aromatic heterocycles. The maximum absolute atomic E-state index is 12.4. The summed E-state index contributed by atoms with van der Waals surface area (Å²) in [5.74, 6) is 7.34. The fourth-order valence-corrected chi connectivity index (χ4v) is 2.75. The fourth-order valence-electron chi connectivity index (χ4n) is 2.75. The predicted molar refractivity (Wildman–Crippen MR) is 114 cm³/mol. The number of benzene rings is 2. The van der Waals surface area contributed by atoms with Crippen LogP contribution in [0.1, 0.15) is 45.4 Å². The van der Waals surface area contributed by atoms with E-state index >= 15 is 0 Å². The summed E-state index contributed by atoms with van der Waals surface area (Å²) >= 11 is 0. The van der Waals surface area contributed by atoms with Gasteiger partial charge < -0.3 is 14.8 Å². The molecule has 1 N–H and O–H groups in total. The van der Waals surface area contributed by atoms with Gasteiger partial charge >= 0.3 is 5.97 Å². The predicted octanol–water partition coefficient (Wildman–Crippen LogP) is 5.45. The molecule has 148 valence electrons. The Hall–Kier alpha value is -2.93. The second-order valence-electron chi connectivity index (χ2n) is 6.52. The van der Waals surface area contributed by atoms with Crippen molar-refractivity contribution in [2.75, 3.05) is 12.4 Å². The summed E-state index contributed by atoms with van der Waals surface area (Å²) in [6.07, 6.45) is 5.68. The van der Waals surface area contributed by atoms with Gasteiger partial charge in [-0.25, -0.2) is 0 Å². The number of hydrogen-bond donors (Lipinski definition) is 1. The van der Waals surface area contributed by atoms with E-state index in [1.807, 2.05) is 42.5 Å². The van der Waals surface area contributed by atoms with Gasteiger partial charge in [0.15, 0.2) is 0 Å². The smallest absolute Gasteiger partial charge is 0.314 e. The van der Waals surface area contributed by atoms with Crippen molar-refractivity contribution < 1.29 is 14.3 Å². The highest BCUT2D eigenvalue weighted by molar-refractivity contribution is 5.74. The number of rotatable bonds is 10. The van der Waals surface area contributed by atoms with E-state index in [9.17, 15) is 4.79 Å². The van der Waals surface area contributed by atoms with Crippen molar-refractivity contribution in [3.63, 3.8) is 0 Å². The van der Waals surface area contributed by atoms with Gasteiger partial charge in [-0.1, -0.05) is 62.4 Å². The van der Waals surface area contributed by atoms with E-state index < -0.39 is 0 Å². The van der Waals surface area contributed by atoms with Gasteiger partial charge in [-0.2, -0.15) is 0 Å². The van der Waals surface area contributed by atoms with E-state index in [-0.39, 0.29) is 18.4 Å². The van der Waals surface area contributed by atoms with Crippen LogP contribution >= 0.6 is 0 Å². The number of ether oxygens (including phenoxy) is 2. The molecule has 1 atom stereocenters. The SMILES string of the molecule is CCCCCCC#C[C@@H](CC(=O)Oc1ccccc1)Nc1ccccc1OC. The topological polar surface area (TPSA) is 47.6 Å². The van der Waals surface area contributed by atoms with E-state index in [0.717, 1.165) is 18.5 Å². The number of para-hydroxylation sites is 3. The number of methoxy groups -OCH3 is 1. The van der Waals surface area contributed by atoms with Crippen molar-refractivity contribution in [2.45, 2.75) is 51.5 Å². The Balaban J connectivity index is 2.02. The lowest BCUT2D eigenvalue weighted by Crippen LogP contribution is -2.24. The number of anilines is 1. The van der Waals surface area contributed by atoms with Crippen molar-refractivity contribution in [3.8, 4) is 23.3 Å². The van der Waals surface area contributed by atoms with E-state index in [1.54, 1.807) is 19.2 Å². The van der Waals surface area contributed by atoms with Gasteiger partial charge in [0.25, 0.3) is 0 Å². The lowest BCUT2D eigenvalue weighted by Gasteiger charge is -2.16. The summed E-state index contributed by atoms with van der Waals surface area (Å²) in [6, 6.07) is 16.3. The molecular weight excluding hydrogens is 350 g/mol. The van der Waals surface area contributed by atoms with Gasteiger partial charge in [-0.15, -0.1) is 5.92 Å². The summed E-state index contributed by atoms with van der Waals surface area (Å²) < 4.78 is 10.8. The van der Waals surface area contributed by atoms with Gasteiger partial charge in [0.1, 0.15) is 11.5 Å². The summed E-state index contributed by atoms with van der Waals surface area (Å²) in [5, 5.41) is 3.32. The van der Waals surface area contributed by atoms with E-state index in [1.165, 1.54) is 19.3 Å². The molecule has 0 spiro atoms. The van der Waals surface area contributed by atoms with E-state index in [2.05, 4.69) is 24.1 Å². The van der Waals surface area contributed by atoms with Crippen LogP contribution in [-0.4, -0.2) is 19.1 Å². The van der Waals surface area contributed by atoms with Crippen LogP contribution in [0.15, 0.2) is 54.6 Å². The van der Waals surface area contributed by atoms with Crippen LogP contribution in [0.4, 0.5) is 5.69 Å². The normalized spacial score (nSPS) is 11.1. The number of nitrogens with one attached hydrogen (secondary N) is 1. The van der Waals surface area contributed by atoms with Crippen LogP contribution in [0, 0.1) is 11.8 Å². The Morgan fingerprint density at radius 3 is 2.54 bits per heavy atom. The van der Waals surface area contributed by atoms with Crippen molar-refractivity contribution in [3.05, 3.63) is 54.6 Å². The highest BCUT2D eigenvalue weighted by Gasteiger charge is 2.15.